The molecular weight excluding hydrogens is 152 g/mol. The van der Waals surface area contributed by atoms with Gasteiger partial charge in [0.05, 0.1) is 0 Å². The van der Waals surface area contributed by atoms with Crippen LogP contribution in [0.3, 0.4) is 0 Å². The number of carboxylic acid groups (broad SMARTS) is 1. The summed E-state index contributed by atoms with van der Waals surface area (Å²) in [4.78, 5) is 20.9. The lowest BCUT2D eigenvalue weighted by Crippen LogP contribution is -2.09. The van der Waals surface area contributed by atoms with Crippen LogP contribution >= 0.6 is 0 Å². The molecule has 5 nitrogen and oxygen atoms in total. The van der Waals surface area contributed by atoms with E-state index in [1.54, 1.807) is 0 Å². The zero-order valence-corrected chi connectivity index (χ0v) is 5.70. The molecule has 0 aliphatic carbocycles. The van der Waals surface area contributed by atoms with Crippen LogP contribution < -0.4 is 0 Å². The molecule has 0 bridgehead atoms. The molecule has 0 saturated heterocycles. The third kappa shape index (κ3) is 1.04. The van der Waals surface area contributed by atoms with E-state index >= 15 is 0 Å². The first-order chi connectivity index (χ1) is 5.04. The quantitative estimate of drug-likeness (QED) is 0.408. The summed E-state index contributed by atoms with van der Waals surface area (Å²) in [7, 11) is 0. The van der Waals surface area contributed by atoms with E-state index in [1.165, 1.54) is 6.92 Å². The number of ether oxygens (including phenoxy) is 1. The Hall–Kier alpha value is -1.52. The molecule has 2 N–H and O–H groups in total. The molecule has 1 rings (SSSR count). The summed E-state index contributed by atoms with van der Waals surface area (Å²) < 4.78 is 4.40. The second-order valence-corrected chi connectivity index (χ2v) is 2.11. The SMILES string of the molecule is CC1OC(=O)C(C(=O)O)=C1O. The van der Waals surface area contributed by atoms with Crippen molar-refractivity contribution in [1.82, 2.24) is 0 Å². The van der Waals surface area contributed by atoms with E-state index in [2.05, 4.69) is 4.74 Å². The van der Waals surface area contributed by atoms with Crippen molar-refractivity contribution in [2.24, 2.45) is 0 Å². The van der Waals surface area contributed by atoms with Gasteiger partial charge in [-0.15, -0.1) is 0 Å². The number of aliphatic hydroxyl groups excluding tert-OH is 1. The fourth-order valence-electron chi connectivity index (χ4n) is 0.780. The molecule has 0 radical (unpaired) electrons. The van der Waals surface area contributed by atoms with Crippen molar-refractivity contribution in [1.29, 1.82) is 0 Å². The van der Waals surface area contributed by atoms with Crippen molar-refractivity contribution in [2.45, 2.75) is 13.0 Å². The standard InChI is InChI=1S/C6H6O5/c1-2-4(7)3(5(8)9)6(10)11-2/h2,7H,1H3,(H,8,9). The normalized spacial score (nSPS) is 23.7. The number of aliphatic carboxylic acids is 1. The van der Waals surface area contributed by atoms with Crippen LogP contribution in [0.5, 0.6) is 0 Å². The Balaban J connectivity index is 3.07. The number of esters is 1. The van der Waals surface area contributed by atoms with E-state index in [0.717, 1.165) is 0 Å². The lowest BCUT2D eigenvalue weighted by atomic mass is 10.2. The maximum atomic E-state index is 10.6. The highest BCUT2D eigenvalue weighted by Gasteiger charge is 2.35. The zero-order chi connectivity index (χ0) is 8.59. The largest absolute Gasteiger partial charge is 0.507 e. The Bertz CT molecular complexity index is 252. The molecule has 0 fully saturated rings. The number of aliphatic hydroxyl groups is 1. The van der Waals surface area contributed by atoms with Crippen LogP contribution in [0, 0.1) is 0 Å². The number of carbonyl (C=O) groups excluding carboxylic acids is 1. The molecule has 1 aliphatic heterocycles. The lowest BCUT2D eigenvalue weighted by molar-refractivity contribution is -0.143. The summed E-state index contributed by atoms with van der Waals surface area (Å²) in [6, 6.07) is 0. The van der Waals surface area contributed by atoms with Gasteiger partial charge in [-0.25, -0.2) is 9.59 Å². The molecular formula is C6H6O5. The van der Waals surface area contributed by atoms with E-state index < -0.39 is 29.4 Å². The fraction of sp³-hybridized carbons (Fsp3) is 0.333. The number of carbonyl (C=O) groups is 2. The van der Waals surface area contributed by atoms with Gasteiger partial charge in [-0.3, -0.25) is 0 Å². The monoisotopic (exact) mass is 158 g/mol. The topological polar surface area (TPSA) is 83.8 Å². The Morgan fingerprint density at radius 1 is 1.64 bits per heavy atom. The zero-order valence-electron chi connectivity index (χ0n) is 5.70. The van der Waals surface area contributed by atoms with Crippen LogP contribution in [0.2, 0.25) is 0 Å². The minimum atomic E-state index is -1.46. The number of cyclic esters (lactones) is 1. The molecule has 0 aromatic heterocycles. The summed E-state index contributed by atoms with van der Waals surface area (Å²) in [5.41, 5.74) is -0.669. The van der Waals surface area contributed by atoms with Crippen LogP contribution in [0.25, 0.3) is 0 Å². The first-order valence-corrected chi connectivity index (χ1v) is 2.91. The summed E-state index contributed by atoms with van der Waals surface area (Å²) in [5.74, 6) is -2.96. The van der Waals surface area contributed by atoms with Crippen molar-refractivity contribution in [3.05, 3.63) is 11.3 Å². The Morgan fingerprint density at radius 3 is 2.36 bits per heavy atom. The van der Waals surface area contributed by atoms with E-state index in [1.807, 2.05) is 0 Å². The molecule has 0 amide bonds. The molecule has 11 heavy (non-hydrogen) atoms. The summed E-state index contributed by atoms with van der Waals surface area (Å²) in [5, 5.41) is 17.3. The maximum Gasteiger partial charge on any atom is 0.349 e. The highest BCUT2D eigenvalue weighted by Crippen LogP contribution is 2.19. The second-order valence-electron chi connectivity index (χ2n) is 2.11. The second kappa shape index (κ2) is 2.26. The maximum absolute atomic E-state index is 10.6. The van der Waals surface area contributed by atoms with Crippen molar-refractivity contribution in [3.8, 4) is 0 Å². The lowest BCUT2D eigenvalue weighted by Gasteiger charge is -1.99. The van der Waals surface area contributed by atoms with Gasteiger partial charge < -0.3 is 14.9 Å². The van der Waals surface area contributed by atoms with Crippen LogP contribution in [0.1, 0.15) is 6.92 Å². The van der Waals surface area contributed by atoms with Crippen LogP contribution in [-0.4, -0.2) is 28.3 Å². The van der Waals surface area contributed by atoms with E-state index in [9.17, 15) is 9.59 Å². The third-order valence-corrected chi connectivity index (χ3v) is 1.34. The van der Waals surface area contributed by atoms with Gasteiger partial charge in [0.15, 0.2) is 17.4 Å². The Kier molecular flexibility index (Phi) is 1.56. The van der Waals surface area contributed by atoms with Gasteiger partial charge in [-0.2, -0.15) is 0 Å². The van der Waals surface area contributed by atoms with Crippen molar-refractivity contribution in [3.63, 3.8) is 0 Å². The van der Waals surface area contributed by atoms with E-state index in [0.29, 0.717) is 0 Å². The highest BCUT2D eigenvalue weighted by atomic mass is 16.6. The Labute approximate surface area is 61.9 Å². The average Bonchev–Trinajstić information content (AvgIpc) is 2.07. The van der Waals surface area contributed by atoms with E-state index in [4.69, 9.17) is 10.2 Å². The third-order valence-electron chi connectivity index (χ3n) is 1.34. The molecule has 1 heterocycles. The fourth-order valence-corrected chi connectivity index (χ4v) is 0.780. The van der Waals surface area contributed by atoms with Gasteiger partial charge in [-0.05, 0) is 6.92 Å². The van der Waals surface area contributed by atoms with Crippen LogP contribution in [-0.2, 0) is 14.3 Å². The predicted octanol–water partition coefficient (Wildman–Crippen LogP) is -0.172. The minimum absolute atomic E-state index is 0.512. The van der Waals surface area contributed by atoms with Gasteiger partial charge in [0.2, 0.25) is 0 Å². The van der Waals surface area contributed by atoms with Gasteiger partial charge in [0, 0.05) is 0 Å². The van der Waals surface area contributed by atoms with E-state index in [-0.39, 0.29) is 0 Å². The predicted molar refractivity (Wildman–Crippen MR) is 32.8 cm³/mol. The molecule has 1 atom stereocenters. The number of hydrogen-bond donors (Lipinski definition) is 2. The van der Waals surface area contributed by atoms with Crippen molar-refractivity contribution < 1.29 is 24.5 Å². The van der Waals surface area contributed by atoms with Gasteiger partial charge in [0.1, 0.15) is 0 Å². The van der Waals surface area contributed by atoms with Gasteiger partial charge >= 0.3 is 11.9 Å². The molecule has 0 saturated carbocycles. The molecule has 1 unspecified atom stereocenters. The molecule has 5 heteroatoms. The molecule has 1 aliphatic rings. The number of rotatable bonds is 1. The molecule has 0 aromatic rings. The average molecular weight is 158 g/mol. The summed E-state index contributed by atoms with van der Waals surface area (Å²) in [6.45, 7) is 1.39. The number of hydrogen-bond acceptors (Lipinski definition) is 4. The molecule has 60 valence electrons. The van der Waals surface area contributed by atoms with Crippen LogP contribution in [0.15, 0.2) is 11.3 Å². The minimum Gasteiger partial charge on any atom is -0.507 e. The van der Waals surface area contributed by atoms with Crippen molar-refractivity contribution in [2.75, 3.05) is 0 Å². The Morgan fingerprint density at radius 2 is 2.18 bits per heavy atom. The molecule has 0 spiro atoms. The molecule has 0 aromatic carbocycles. The summed E-state index contributed by atoms with van der Waals surface area (Å²) >= 11 is 0. The van der Waals surface area contributed by atoms with Crippen LogP contribution in [0.4, 0.5) is 0 Å². The first-order valence-electron chi connectivity index (χ1n) is 2.91. The van der Waals surface area contributed by atoms with Gasteiger partial charge in [0.25, 0.3) is 0 Å². The summed E-state index contributed by atoms with van der Waals surface area (Å²) in [6.07, 6.45) is -0.839. The smallest absolute Gasteiger partial charge is 0.349 e. The van der Waals surface area contributed by atoms with Crippen molar-refractivity contribution >= 4 is 11.9 Å². The highest BCUT2D eigenvalue weighted by molar-refractivity contribution is 6.15. The number of carboxylic acids is 1. The first kappa shape index (κ1) is 7.59. The van der Waals surface area contributed by atoms with Gasteiger partial charge in [-0.1, -0.05) is 0 Å².